The van der Waals surface area contributed by atoms with Crippen LogP contribution in [0, 0.1) is 13.8 Å². The van der Waals surface area contributed by atoms with Gasteiger partial charge in [0.05, 0.1) is 0 Å². The lowest BCUT2D eigenvalue weighted by atomic mass is 10.1. The monoisotopic (exact) mass is 338 g/mol. The fraction of sp³-hybridized carbons (Fsp3) is 0.188. The van der Waals surface area contributed by atoms with Crippen LogP contribution in [0.2, 0.25) is 5.02 Å². The van der Waals surface area contributed by atoms with E-state index in [9.17, 15) is 13.2 Å². The first-order chi connectivity index (χ1) is 10.2. The summed E-state index contributed by atoms with van der Waals surface area (Å²) in [4.78, 5) is 11.4. The molecule has 0 amide bonds. The van der Waals surface area contributed by atoms with Gasteiger partial charge in [-0.05, 0) is 56.2 Å². The Morgan fingerprint density at radius 3 is 2.41 bits per heavy atom. The molecule has 0 saturated carbocycles. The molecule has 0 heterocycles. The zero-order chi connectivity index (χ0) is 16.5. The summed E-state index contributed by atoms with van der Waals surface area (Å²) in [6.45, 7) is 4.77. The first kappa shape index (κ1) is 16.5. The molecule has 2 aromatic carbocycles. The van der Waals surface area contributed by atoms with Gasteiger partial charge in [-0.1, -0.05) is 23.7 Å². The highest BCUT2D eigenvalue weighted by atomic mass is 35.5. The maximum Gasteiger partial charge on any atom is 0.339 e. The summed E-state index contributed by atoms with van der Waals surface area (Å²) in [5.74, 6) is -0.0685. The summed E-state index contributed by atoms with van der Waals surface area (Å²) < 4.78 is 30.0. The Bertz CT molecular complexity index is 841. The van der Waals surface area contributed by atoms with Crippen molar-refractivity contribution in [3.8, 4) is 5.75 Å². The summed E-state index contributed by atoms with van der Waals surface area (Å²) in [7, 11) is -4.00. The molecule has 0 N–H and O–H groups in total. The van der Waals surface area contributed by atoms with Gasteiger partial charge in [0.15, 0.2) is 5.78 Å². The third-order valence-corrected chi connectivity index (χ3v) is 4.97. The summed E-state index contributed by atoms with van der Waals surface area (Å²) in [5, 5.41) is 0.495. The molecule has 0 aromatic heterocycles. The number of halogens is 1. The van der Waals surface area contributed by atoms with Gasteiger partial charge in [0, 0.05) is 10.6 Å². The molecule has 2 aromatic rings. The number of ketones is 1. The fourth-order valence-electron chi connectivity index (χ4n) is 1.96. The van der Waals surface area contributed by atoms with Crippen molar-refractivity contribution >= 4 is 27.5 Å². The number of hydrogen-bond donors (Lipinski definition) is 0. The van der Waals surface area contributed by atoms with Gasteiger partial charge in [-0.2, -0.15) is 8.42 Å². The third-order valence-electron chi connectivity index (χ3n) is 3.17. The van der Waals surface area contributed by atoms with Crippen LogP contribution in [0.4, 0.5) is 0 Å². The second-order valence-electron chi connectivity index (χ2n) is 4.99. The number of rotatable bonds is 4. The number of benzene rings is 2. The smallest absolute Gasteiger partial charge is 0.339 e. The molecular formula is C16H15ClO4S. The van der Waals surface area contributed by atoms with Crippen molar-refractivity contribution in [1.29, 1.82) is 0 Å². The Hall–Kier alpha value is -1.85. The number of Topliss-reactive ketones (excluding diaryl/α,β-unsaturated/α-hetero) is 1. The van der Waals surface area contributed by atoms with Gasteiger partial charge in [-0.25, -0.2) is 0 Å². The Morgan fingerprint density at radius 1 is 1.09 bits per heavy atom. The second-order valence-corrected chi connectivity index (χ2v) is 6.91. The van der Waals surface area contributed by atoms with Crippen molar-refractivity contribution < 1.29 is 17.4 Å². The highest BCUT2D eigenvalue weighted by Gasteiger charge is 2.21. The van der Waals surface area contributed by atoms with E-state index in [2.05, 4.69) is 0 Å². The Labute approximate surface area is 134 Å². The van der Waals surface area contributed by atoms with Crippen molar-refractivity contribution in [2.75, 3.05) is 0 Å². The number of aryl methyl sites for hydroxylation is 2. The SMILES string of the molecule is CC(=O)c1cccc(OS(=O)(=O)c2cc(C)c(Cl)cc2C)c1. The minimum absolute atomic E-state index is 0.0580. The molecule has 0 spiro atoms. The van der Waals surface area contributed by atoms with Crippen LogP contribution in [0.1, 0.15) is 28.4 Å². The topological polar surface area (TPSA) is 60.4 Å². The zero-order valence-corrected chi connectivity index (χ0v) is 14.0. The molecule has 0 atom stereocenters. The first-order valence-corrected chi connectivity index (χ1v) is 8.31. The summed E-state index contributed by atoms with van der Waals surface area (Å²) in [6.07, 6.45) is 0. The maximum absolute atomic E-state index is 12.4. The summed E-state index contributed by atoms with van der Waals surface area (Å²) in [5.41, 5.74) is 1.53. The molecule has 0 saturated heterocycles. The van der Waals surface area contributed by atoms with Crippen LogP contribution in [0.3, 0.4) is 0 Å². The van der Waals surface area contributed by atoms with Crippen LogP contribution in [-0.4, -0.2) is 14.2 Å². The third kappa shape index (κ3) is 3.48. The van der Waals surface area contributed by atoms with E-state index in [0.717, 1.165) is 0 Å². The van der Waals surface area contributed by atoms with Crippen molar-refractivity contribution in [3.05, 3.63) is 58.1 Å². The fourth-order valence-corrected chi connectivity index (χ4v) is 3.40. The second kappa shape index (κ2) is 6.10. The molecule has 0 aliphatic heterocycles. The van der Waals surface area contributed by atoms with Crippen LogP contribution in [0.15, 0.2) is 41.3 Å². The zero-order valence-electron chi connectivity index (χ0n) is 12.4. The summed E-state index contributed by atoms with van der Waals surface area (Å²) >= 11 is 5.98. The van der Waals surface area contributed by atoms with Crippen LogP contribution in [0.5, 0.6) is 5.75 Å². The molecule has 0 aliphatic rings. The van der Waals surface area contributed by atoms with E-state index in [1.54, 1.807) is 32.0 Å². The van der Waals surface area contributed by atoms with Gasteiger partial charge in [-0.3, -0.25) is 4.79 Å². The van der Waals surface area contributed by atoms with Gasteiger partial charge in [0.1, 0.15) is 10.6 Å². The average molecular weight is 339 g/mol. The van der Waals surface area contributed by atoms with Gasteiger partial charge in [-0.15, -0.1) is 0 Å². The molecule has 0 fully saturated rings. The Balaban J connectivity index is 2.42. The quantitative estimate of drug-likeness (QED) is 0.626. The molecule has 6 heteroatoms. The highest BCUT2D eigenvalue weighted by Crippen LogP contribution is 2.26. The normalized spacial score (nSPS) is 11.3. The van der Waals surface area contributed by atoms with E-state index >= 15 is 0 Å². The van der Waals surface area contributed by atoms with E-state index in [4.69, 9.17) is 15.8 Å². The molecule has 4 nitrogen and oxygen atoms in total. The number of carbonyl (C=O) groups is 1. The lowest BCUT2D eigenvalue weighted by Gasteiger charge is -2.11. The molecular weight excluding hydrogens is 324 g/mol. The first-order valence-electron chi connectivity index (χ1n) is 6.53. The van der Waals surface area contributed by atoms with Crippen molar-refractivity contribution in [2.24, 2.45) is 0 Å². The van der Waals surface area contributed by atoms with Gasteiger partial charge >= 0.3 is 10.1 Å². The van der Waals surface area contributed by atoms with E-state index < -0.39 is 10.1 Å². The van der Waals surface area contributed by atoms with Gasteiger partial charge in [0.25, 0.3) is 0 Å². The molecule has 0 unspecified atom stereocenters. The molecule has 0 radical (unpaired) electrons. The van der Waals surface area contributed by atoms with E-state index in [0.29, 0.717) is 21.7 Å². The number of hydrogen-bond acceptors (Lipinski definition) is 4. The van der Waals surface area contributed by atoms with E-state index in [1.807, 2.05) is 0 Å². The van der Waals surface area contributed by atoms with Crippen molar-refractivity contribution in [2.45, 2.75) is 25.7 Å². The lowest BCUT2D eigenvalue weighted by Crippen LogP contribution is -2.12. The standard InChI is InChI=1S/C16H15ClO4S/c1-10-8-16(11(2)7-15(10)17)22(19,20)21-14-6-4-5-13(9-14)12(3)18/h4-9H,1-3H3. The summed E-state index contributed by atoms with van der Waals surface area (Å²) in [6, 6.07) is 9.11. The van der Waals surface area contributed by atoms with Gasteiger partial charge < -0.3 is 4.18 Å². The predicted molar refractivity (Wildman–Crippen MR) is 85.2 cm³/mol. The maximum atomic E-state index is 12.4. The highest BCUT2D eigenvalue weighted by molar-refractivity contribution is 7.87. The van der Waals surface area contributed by atoms with Crippen molar-refractivity contribution in [1.82, 2.24) is 0 Å². The van der Waals surface area contributed by atoms with Crippen molar-refractivity contribution in [3.63, 3.8) is 0 Å². The molecule has 0 aliphatic carbocycles. The van der Waals surface area contributed by atoms with E-state index in [1.165, 1.54) is 25.1 Å². The molecule has 116 valence electrons. The van der Waals surface area contributed by atoms with Crippen LogP contribution >= 0.6 is 11.6 Å². The van der Waals surface area contributed by atoms with E-state index in [-0.39, 0.29) is 16.4 Å². The largest absolute Gasteiger partial charge is 0.379 e. The van der Waals surface area contributed by atoms with Gasteiger partial charge in [0.2, 0.25) is 0 Å². The van der Waals surface area contributed by atoms with Crippen LogP contribution in [-0.2, 0) is 10.1 Å². The molecule has 0 bridgehead atoms. The predicted octanol–water partition coefficient (Wildman–Crippen LogP) is 3.93. The minimum Gasteiger partial charge on any atom is -0.379 e. The Kier molecular flexibility index (Phi) is 4.58. The number of carbonyl (C=O) groups excluding carboxylic acids is 1. The minimum atomic E-state index is -4.00. The molecule has 2 rings (SSSR count). The van der Waals surface area contributed by atoms with Crippen LogP contribution < -0.4 is 4.18 Å². The lowest BCUT2D eigenvalue weighted by molar-refractivity contribution is 0.101. The Morgan fingerprint density at radius 2 is 1.77 bits per heavy atom. The molecule has 22 heavy (non-hydrogen) atoms. The average Bonchev–Trinajstić information content (AvgIpc) is 2.42. The van der Waals surface area contributed by atoms with Crippen LogP contribution in [0.25, 0.3) is 0 Å².